The molecule has 8 rings (SSSR count). The molecule has 0 bridgehead atoms. The lowest BCUT2D eigenvalue weighted by Gasteiger charge is -2.47. The minimum absolute atomic E-state index is 0.194. The van der Waals surface area contributed by atoms with Gasteiger partial charge in [0.2, 0.25) is 18.3 Å². The smallest absolute Gasteiger partial charge is 0.452 e. The molecule has 0 aromatic heterocycles. The molecule has 6 aromatic rings. The number of benzene rings is 6. The first-order valence-electron chi connectivity index (χ1n) is 32.8. The molecule has 39 heteroatoms. The van der Waals surface area contributed by atoms with E-state index in [0.717, 1.165) is 27.7 Å². The van der Waals surface area contributed by atoms with Crippen LogP contribution in [0.3, 0.4) is 0 Å². The summed E-state index contributed by atoms with van der Waals surface area (Å²) in [6.07, 6.45) is -34.1. The van der Waals surface area contributed by atoms with Crippen LogP contribution in [0.2, 0.25) is 17.1 Å². The average Bonchev–Trinajstić information content (AvgIpc) is 0.694. The molecule has 602 valence electrons. The molecular formula is C72H63Cl3F17NO17Si. The molecule has 2 aliphatic rings. The van der Waals surface area contributed by atoms with Crippen LogP contribution in [-0.4, -0.2) is 176 Å². The highest BCUT2D eigenvalue weighted by atomic mass is 35.6. The first-order chi connectivity index (χ1) is 51.7. The highest BCUT2D eigenvalue weighted by Gasteiger charge is 2.95. The van der Waals surface area contributed by atoms with Crippen molar-refractivity contribution < 1.29 is 155 Å². The zero-order valence-corrected chi connectivity index (χ0v) is 60.8. The van der Waals surface area contributed by atoms with Gasteiger partial charge in [-0.2, -0.15) is 74.6 Å². The Balaban J connectivity index is 1.29. The number of halogens is 20. The Morgan fingerprint density at radius 3 is 0.928 bits per heavy atom. The zero-order chi connectivity index (χ0) is 82.3. The summed E-state index contributed by atoms with van der Waals surface area (Å²) in [5, 5.41) is 8.70. The third-order valence-corrected chi connectivity index (χ3v) is 23.9. The predicted molar refractivity (Wildman–Crippen MR) is 358 cm³/mol. The summed E-state index contributed by atoms with van der Waals surface area (Å²) >= 11 is 18.4. The van der Waals surface area contributed by atoms with Crippen molar-refractivity contribution in [3.63, 3.8) is 0 Å². The van der Waals surface area contributed by atoms with Gasteiger partial charge in [-0.05, 0) is 89.9 Å². The minimum Gasteiger partial charge on any atom is -0.452 e. The Morgan fingerprint density at radius 1 is 0.369 bits per heavy atom. The molecule has 1 N–H and O–H groups in total. The first-order valence-corrected chi connectivity index (χ1v) is 36.2. The lowest BCUT2D eigenvalue weighted by Crippen LogP contribution is -2.74. The van der Waals surface area contributed by atoms with Crippen molar-refractivity contribution in [3.05, 3.63) is 215 Å². The Bertz CT molecular complexity index is 4180. The number of nitrogens with one attached hydrogen (secondary N) is 1. The summed E-state index contributed by atoms with van der Waals surface area (Å²) in [5.74, 6) is -67.7. The number of rotatable bonds is 30. The lowest BCUT2D eigenvalue weighted by atomic mass is 9.88. The van der Waals surface area contributed by atoms with Crippen LogP contribution < -0.4 is 0 Å². The van der Waals surface area contributed by atoms with Crippen molar-refractivity contribution in [2.75, 3.05) is 13.2 Å². The van der Waals surface area contributed by atoms with Crippen molar-refractivity contribution >= 4 is 84.8 Å². The molecule has 2 saturated heterocycles. The fourth-order valence-electron chi connectivity index (χ4n) is 11.6. The second-order valence-electron chi connectivity index (χ2n) is 25.5. The maximum Gasteiger partial charge on any atom is 0.460 e. The van der Waals surface area contributed by atoms with E-state index in [-0.39, 0.29) is 33.4 Å². The van der Waals surface area contributed by atoms with Crippen LogP contribution in [0.25, 0.3) is 0 Å². The third kappa shape index (κ3) is 18.9. The Labute approximate surface area is 635 Å². The van der Waals surface area contributed by atoms with Crippen LogP contribution in [0, 0.1) is 5.41 Å². The van der Waals surface area contributed by atoms with E-state index < -0.39 is 200 Å². The van der Waals surface area contributed by atoms with E-state index in [1.165, 1.54) is 182 Å². The standard InChI is InChI=1S/C72H63Cl3F17NO17Si/c1-39(2)111(40(3)4,36-35-64(76,77)66(78,79)67(80,81)68(82,83)69(84,85)70(86,87)71(88,89)72(90,91)92)101-38-48-50(105-56(95)42-25-13-6-14-26-42)51(106-57(96)43-27-15-7-16-28-43)53(108-59(98)45-31-19-9-20-32-45)61(102-48)100-37-47-49(104-55(94)41-23-11-5-12-24-41)52(107-58(97)44-29-17-8-18-30-44)54(62(103-47)110-63(93)65(73,74)75)109-60(99)46-33-21-10-22-34-46/h5-34,39-40,47-54,61-62,93H,35-38H2,1-4H3/t47-,48-,49-,50-,51+,52+,53-,54-,61-,62-/m1/s1. The quantitative estimate of drug-likeness (QED) is 0.00841. The van der Waals surface area contributed by atoms with E-state index in [1.54, 1.807) is 0 Å². The molecule has 0 amide bonds. The monoisotopic (exact) mass is 1670 g/mol. The summed E-state index contributed by atoms with van der Waals surface area (Å²) in [4.78, 5) is 87.2. The summed E-state index contributed by atoms with van der Waals surface area (Å²) < 4.78 is 314. The molecule has 0 unspecified atom stereocenters. The van der Waals surface area contributed by atoms with Crippen molar-refractivity contribution in [1.82, 2.24) is 0 Å². The number of alkyl halides is 20. The van der Waals surface area contributed by atoms with Crippen LogP contribution in [0.5, 0.6) is 0 Å². The molecule has 2 aliphatic heterocycles. The van der Waals surface area contributed by atoms with Gasteiger partial charge in [0.25, 0.3) is 3.79 Å². The Morgan fingerprint density at radius 2 is 0.631 bits per heavy atom. The predicted octanol–water partition coefficient (Wildman–Crippen LogP) is 17.4. The maximum atomic E-state index is 16.2. The Hall–Kier alpha value is -8.65. The molecule has 10 atom stereocenters. The third-order valence-electron chi connectivity index (χ3n) is 17.7. The highest BCUT2D eigenvalue weighted by molar-refractivity contribution is 6.76. The van der Waals surface area contributed by atoms with E-state index >= 15 is 35.1 Å². The maximum absolute atomic E-state index is 16.2. The minimum atomic E-state index is -8.91. The lowest BCUT2D eigenvalue weighted by molar-refractivity contribution is -0.461. The van der Waals surface area contributed by atoms with Gasteiger partial charge in [0, 0.05) is 6.42 Å². The van der Waals surface area contributed by atoms with E-state index in [0.29, 0.717) is 0 Å². The van der Waals surface area contributed by atoms with E-state index in [4.69, 9.17) is 92.0 Å². The molecule has 0 radical (unpaired) electrons. The summed E-state index contributed by atoms with van der Waals surface area (Å²) in [6, 6.07) is 38.1. The van der Waals surface area contributed by atoms with E-state index in [9.17, 15) is 68.3 Å². The van der Waals surface area contributed by atoms with Gasteiger partial charge in [0.15, 0.2) is 45.1 Å². The second kappa shape index (κ2) is 34.8. The largest absolute Gasteiger partial charge is 0.460 e. The molecule has 0 aliphatic carbocycles. The van der Waals surface area contributed by atoms with Gasteiger partial charge >= 0.3 is 83.4 Å². The fraction of sp³-hybridized carbons (Fsp3) is 0.403. The van der Waals surface area contributed by atoms with Crippen molar-refractivity contribution in [1.29, 1.82) is 5.41 Å². The molecule has 111 heavy (non-hydrogen) atoms. The van der Waals surface area contributed by atoms with Crippen LogP contribution in [0.15, 0.2) is 182 Å². The number of carbonyl (C=O) groups is 6. The van der Waals surface area contributed by atoms with Crippen LogP contribution >= 0.6 is 34.8 Å². The van der Waals surface area contributed by atoms with Crippen LogP contribution in [0.1, 0.15) is 96.3 Å². The second-order valence-corrected chi connectivity index (χ2v) is 32.8. The van der Waals surface area contributed by atoms with Crippen LogP contribution in [0.4, 0.5) is 74.6 Å². The van der Waals surface area contributed by atoms with Gasteiger partial charge in [-0.1, -0.05) is 172 Å². The summed E-state index contributed by atoms with van der Waals surface area (Å²) in [5.41, 5.74) is -4.32. The molecule has 0 spiro atoms. The zero-order valence-electron chi connectivity index (χ0n) is 57.6. The van der Waals surface area contributed by atoms with Crippen LogP contribution in [-0.2, 0) is 51.8 Å². The Kier molecular flexibility index (Phi) is 27.5. The average molecular weight is 1670 g/mol. The molecule has 0 saturated carbocycles. The topological polar surface area (TPSA) is 228 Å². The molecule has 6 aromatic carbocycles. The highest BCUT2D eigenvalue weighted by Crippen LogP contribution is 2.65. The van der Waals surface area contributed by atoms with Gasteiger partial charge in [0.05, 0.1) is 46.6 Å². The first kappa shape index (κ1) is 87.9. The van der Waals surface area contributed by atoms with Gasteiger partial charge in [-0.15, -0.1) is 0 Å². The number of hydrogen-bond acceptors (Lipinski definition) is 18. The number of hydrogen-bond donors (Lipinski definition) is 1. The van der Waals surface area contributed by atoms with Gasteiger partial charge in [-0.3, -0.25) is 5.41 Å². The summed E-state index contributed by atoms with van der Waals surface area (Å²) in [7, 11) is -4.91. The van der Waals surface area contributed by atoms with E-state index in [1.807, 2.05) is 0 Å². The van der Waals surface area contributed by atoms with Gasteiger partial charge in [0.1, 0.15) is 12.2 Å². The van der Waals surface area contributed by atoms with Gasteiger partial charge in [-0.25, -0.2) is 28.8 Å². The summed E-state index contributed by atoms with van der Waals surface area (Å²) in [6.45, 7) is 1.83. The van der Waals surface area contributed by atoms with Crippen molar-refractivity contribution in [3.8, 4) is 0 Å². The molecule has 2 heterocycles. The fourth-order valence-corrected chi connectivity index (χ4v) is 16.2. The van der Waals surface area contributed by atoms with Crippen molar-refractivity contribution in [2.45, 2.75) is 164 Å². The molecule has 2 fully saturated rings. The van der Waals surface area contributed by atoms with E-state index in [2.05, 4.69) is 0 Å². The van der Waals surface area contributed by atoms with Crippen molar-refractivity contribution in [2.24, 2.45) is 0 Å². The number of esters is 6. The molecular weight excluding hydrogens is 1610 g/mol. The number of carbonyl (C=O) groups excluding carboxylic acids is 6. The number of ether oxygens (including phenoxy) is 10. The normalized spacial score (nSPS) is 21.2. The SMILES string of the molecule is CC(C)[Si](CCC(F)(F)C(F)(F)C(F)(F)C(F)(F)C(F)(F)C(F)(F)C(F)(F)C(F)(F)F)(OC[C@H]1O[C@@H](OC[C@H]2O[C@H](OC(=N)C(Cl)(Cl)Cl)[C@H](OC(=O)c3ccccc3)[C@@H](OC(=O)c3ccccc3)[C@@H]2OC(=O)c2ccccc2)[C@H](OC(=O)c2ccccc2)[C@@H](OC(=O)c2ccccc2)[C@@H]1OC(=O)c1ccccc1)C(C)C. The molecule has 18 nitrogen and oxygen atoms in total. The van der Waals surface area contributed by atoms with Gasteiger partial charge < -0.3 is 51.8 Å².